The largest absolute Gasteiger partial charge is 0.371 e. The Kier molecular flexibility index (Phi) is 3.73. The minimum absolute atomic E-state index is 0.709. The van der Waals surface area contributed by atoms with E-state index in [1.54, 1.807) is 6.61 Å². The van der Waals surface area contributed by atoms with Gasteiger partial charge in [-0.15, -0.1) is 0 Å². The first-order chi connectivity index (χ1) is 7.90. The fourth-order valence-corrected chi connectivity index (χ4v) is 1.56. The molecule has 2 aromatic rings. The monoisotopic (exact) mass is 211 g/mol. The zero-order valence-corrected chi connectivity index (χ0v) is 9.39. The molecule has 1 heteroatoms. The Balaban J connectivity index is 2.13. The van der Waals surface area contributed by atoms with Crippen molar-refractivity contribution in [1.29, 1.82) is 0 Å². The highest BCUT2D eigenvalue weighted by Crippen LogP contribution is 2.19. The molecule has 1 nitrogen and oxygen atoms in total. The number of rotatable bonds is 4. The number of hydrogen-bond donors (Lipinski definition) is 0. The van der Waals surface area contributed by atoms with Gasteiger partial charge in [0.15, 0.2) is 0 Å². The van der Waals surface area contributed by atoms with E-state index in [9.17, 15) is 0 Å². The fourth-order valence-electron chi connectivity index (χ4n) is 1.56. The Morgan fingerprint density at radius 1 is 0.875 bits per heavy atom. The van der Waals surface area contributed by atoms with Crippen LogP contribution in [0.1, 0.15) is 12.5 Å². The van der Waals surface area contributed by atoms with E-state index in [0.29, 0.717) is 6.61 Å². The molecule has 0 bridgehead atoms. The highest BCUT2D eigenvalue weighted by Gasteiger charge is 1.97. The van der Waals surface area contributed by atoms with Gasteiger partial charge < -0.3 is 4.74 Å². The summed E-state index contributed by atoms with van der Waals surface area (Å²) in [5.74, 6) is 0. The maximum atomic E-state index is 5.24. The van der Waals surface area contributed by atoms with Crippen molar-refractivity contribution in [3.8, 4) is 11.1 Å². The molecule has 0 unspecified atom stereocenters. The average molecular weight is 211 g/mol. The highest BCUT2D eigenvalue weighted by atomic mass is 16.5. The van der Waals surface area contributed by atoms with Gasteiger partial charge in [0.2, 0.25) is 0 Å². The van der Waals surface area contributed by atoms with Crippen molar-refractivity contribution >= 4 is 0 Å². The van der Waals surface area contributed by atoms with Crippen molar-refractivity contribution in [1.82, 2.24) is 0 Å². The molecule has 81 valence electrons. The summed E-state index contributed by atoms with van der Waals surface area (Å²) >= 11 is 0. The van der Waals surface area contributed by atoms with Crippen LogP contribution in [0.5, 0.6) is 0 Å². The molecule has 0 N–H and O–H groups in total. The van der Waals surface area contributed by atoms with E-state index in [1.165, 1.54) is 11.1 Å². The molecule has 2 rings (SSSR count). The number of ether oxygens (including phenoxy) is 1. The van der Waals surface area contributed by atoms with Crippen LogP contribution in [-0.2, 0) is 4.74 Å². The van der Waals surface area contributed by atoms with Gasteiger partial charge in [-0.2, -0.15) is 0 Å². The second kappa shape index (κ2) is 5.47. The van der Waals surface area contributed by atoms with Crippen molar-refractivity contribution in [2.45, 2.75) is 6.92 Å². The predicted octanol–water partition coefficient (Wildman–Crippen LogP) is 3.90. The number of benzene rings is 2. The molecule has 0 amide bonds. The standard InChI is InChI=1S/C15H15O/c1-2-16-12-13-8-10-15(11-9-13)14-6-4-3-5-7-14/h3-12H,2H2,1H3. The fraction of sp³-hybridized carbons (Fsp3) is 0.133. The van der Waals surface area contributed by atoms with Crippen LogP contribution in [0, 0.1) is 6.61 Å². The highest BCUT2D eigenvalue weighted by molar-refractivity contribution is 5.63. The molecule has 0 aliphatic carbocycles. The minimum atomic E-state index is 0.709. The van der Waals surface area contributed by atoms with Crippen LogP contribution in [0.4, 0.5) is 0 Å². The third-order valence-electron chi connectivity index (χ3n) is 2.40. The third-order valence-corrected chi connectivity index (χ3v) is 2.40. The molecule has 0 atom stereocenters. The van der Waals surface area contributed by atoms with E-state index in [4.69, 9.17) is 4.74 Å². The maximum absolute atomic E-state index is 5.24. The van der Waals surface area contributed by atoms with Crippen LogP contribution in [0.3, 0.4) is 0 Å². The van der Waals surface area contributed by atoms with Crippen molar-refractivity contribution < 1.29 is 4.74 Å². The van der Waals surface area contributed by atoms with E-state index in [-0.39, 0.29) is 0 Å². The lowest BCUT2D eigenvalue weighted by atomic mass is 10.0. The molecule has 0 fully saturated rings. The summed E-state index contributed by atoms with van der Waals surface area (Å²) in [6.45, 7) is 4.48. The van der Waals surface area contributed by atoms with E-state index < -0.39 is 0 Å². The van der Waals surface area contributed by atoms with Crippen molar-refractivity contribution in [2.24, 2.45) is 0 Å². The molecule has 0 aliphatic rings. The lowest BCUT2D eigenvalue weighted by molar-refractivity contribution is 0.230. The first-order valence-electron chi connectivity index (χ1n) is 5.50. The Hall–Kier alpha value is -1.60. The van der Waals surface area contributed by atoms with Crippen molar-refractivity contribution in [2.75, 3.05) is 6.61 Å². The molecule has 0 aliphatic heterocycles. The summed E-state index contributed by atoms with van der Waals surface area (Å²) in [4.78, 5) is 0. The van der Waals surface area contributed by atoms with Gasteiger partial charge in [-0.25, -0.2) is 0 Å². The van der Waals surface area contributed by atoms with Gasteiger partial charge in [0.1, 0.15) is 6.61 Å². The summed E-state index contributed by atoms with van der Waals surface area (Å²) in [6, 6.07) is 18.7. The van der Waals surface area contributed by atoms with Crippen LogP contribution in [0.25, 0.3) is 11.1 Å². The van der Waals surface area contributed by atoms with Gasteiger partial charge in [-0.05, 0) is 23.6 Å². The average Bonchev–Trinajstić information content (AvgIpc) is 2.38. The molecule has 16 heavy (non-hydrogen) atoms. The van der Waals surface area contributed by atoms with Gasteiger partial charge in [0, 0.05) is 6.61 Å². The van der Waals surface area contributed by atoms with Gasteiger partial charge in [-0.1, -0.05) is 54.6 Å². The summed E-state index contributed by atoms with van der Waals surface area (Å²) < 4.78 is 5.24. The van der Waals surface area contributed by atoms with Crippen molar-refractivity contribution in [3.63, 3.8) is 0 Å². The van der Waals surface area contributed by atoms with Crippen LogP contribution < -0.4 is 0 Å². The summed E-state index contributed by atoms with van der Waals surface area (Å²) in [6.07, 6.45) is 0. The third kappa shape index (κ3) is 2.71. The zero-order valence-electron chi connectivity index (χ0n) is 9.39. The summed E-state index contributed by atoms with van der Waals surface area (Å²) in [5.41, 5.74) is 3.57. The first kappa shape index (κ1) is 10.9. The second-order valence-electron chi connectivity index (χ2n) is 3.56. The predicted molar refractivity (Wildman–Crippen MR) is 66.9 cm³/mol. The Bertz CT molecular complexity index is 417. The quantitative estimate of drug-likeness (QED) is 0.745. The zero-order chi connectivity index (χ0) is 11.2. The van der Waals surface area contributed by atoms with E-state index in [0.717, 1.165) is 5.56 Å². The van der Waals surface area contributed by atoms with E-state index in [1.807, 2.05) is 13.0 Å². The summed E-state index contributed by atoms with van der Waals surface area (Å²) in [7, 11) is 0. The molecule has 0 heterocycles. The van der Waals surface area contributed by atoms with Gasteiger partial charge in [-0.3, -0.25) is 0 Å². The van der Waals surface area contributed by atoms with E-state index >= 15 is 0 Å². The normalized spacial score (nSPS) is 10.3. The Morgan fingerprint density at radius 2 is 1.50 bits per heavy atom. The van der Waals surface area contributed by atoms with Gasteiger partial charge in [0.25, 0.3) is 0 Å². The molecule has 0 saturated carbocycles. The first-order valence-corrected chi connectivity index (χ1v) is 5.50. The molecular formula is C15H15O. The molecule has 1 radical (unpaired) electrons. The van der Waals surface area contributed by atoms with Crippen LogP contribution in [0.2, 0.25) is 0 Å². The van der Waals surface area contributed by atoms with Crippen LogP contribution in [-0.4, -0.2) is 6.61 Å². The van der Waals surface area contributed by atoms with Gasteiger partial charge in [0.05, 0.1) is 0 Å². The molecular weight excluding hydrogens is 196 g/mol. The SMILES string of the molecule is CCO[CH]c1ccc(-c2ccccc2)cc1. The smallest absolute Gasteiger partial charge is 0.113 e. The topological polar surface area (TPSA) is 9.23 Å². The summed E-state index contributed by atoms with van der Waals surface area (Å²) in [5, 5.41) is 0. The van der Waals surface area contributed by atoms with Gasteiger partial charge >= 0.3 is 0 Å². The molecule has 0 saturated heterocycles. The van der Waals surface area contributed by atoms with Crippen LogP contribution >= 0.6 is 0 Å². The van der Waals surface area contributed by atoms with Crippen LogP contribution in [0.15, 0.2) is 54.6 Å². The number of hydrogen-bond acceptors (Lipinski definition) is 1. The molecule has 0 aromatic heterocycles. The Morgan fingerprint density at radius 3 is 2.12 bits per heavy atom. The van der Waals surface area contributed by atoms with E-state index in [2.05, 4.69) is 48.5 Å². The van der Waals surface area contributed by atoms with Crippen molar-refractivity contribution in [3.05, 3.63) is 66.8 Å². The Labute approximate surface area is 96.7 Å². The lowest BCUT2D eigenvalue weighted by Crippen LogP contribution is -1.88. The molecule has 0 spiro atoms. The second-order valence-corrected chi connectivity index (χ2v) is 3.56. The lowest BCUT2D eigenvalue weighted by Gasteiger charge is -2.04. The minimum Gasteiger partial charge on any atom is -0.371 e. The maximum Gasteiger partial charge on any atom is 0.113 e. The molecule has 2 aromatic carbocycles.